The molecule has 4 rings (SSSR count). The van der Waals surface area contributed by atoms with Gasteiger partial charge < -0.3 is 15.1 Å². The largest absolute Gasteiger partial charge is 0.368 e. The Kier molecular flexibility index (Phi) is 5.26. The Labute approximate surface area is 170 Å². The molecule has 1 unspecified atom stereocenters. The van der Waals surface area contributed by atoms with Crippen molar-refractivity contribution in [2.24, 2.45) is 0 Å². The highest BCUT2D eigenvalue weighted by molar-refractivity contribution is 5.95. The number of hydrogen-bond donors (Lipinski definition) is 1. The highest BCUT2D eigenvalue weighted by atomic mass is 19.1. The average Bonchev–Trinajstić information content (AvgIpc) is 3.13. The SMILES string of the molecule is Cc1ccc(N2CCN(C(=O)c3ccc(C4CCNC4=O)c(F)c3)CC2)c(C)c1. The van der Waals surface area contributed by atoms with Gasteiger partial charge in [-0.15, -0.1) is 0 Å². The number of carbonyl (C=O) groups excluding carboxylic acids is 2. The molecule has 0 saturated carbocycles. The molecule has 2 saturated heterocycles. The van der Waals surface area contributed by atoms with Crippen molar-refractivity contribution in [3.05, 3.63) is 64.5 Å². The van der Waals surface area contributed by atoms with Gasteiger partial charge in [-0.05, 0) is 44.0 Å². The van der Waals surface area contributed by atoms with Crippen LogP contribution in [0.25, 0.3) is 0 Å². The smallest absolute Gasteiger partial charge is 0.254 e. The number of piperazine rings is 1. The van der Waals surface area contributed by atoms with Crippen molar-refractivity contribution >= 4 is 17.5 Å². The van der Waals surface area contributed by atoms with E-state index < -0.39 is 11.7 Å². The van der Waals surface area contributed by atoms with E-state index in [2.05, 4.69) is 42.3 Å². The standard InChI is InChI=1S/C23H26FN3O2/c1-15-3-6-21(16(2)13-15)26-9-11-27(12-10-26)23(29)17-4-5-18(20(24)14-17)19-7-8-25-22(19)28/h3-6,13-14,19H,7-12H2,1-2H3,(H,25,28). The van der Waals surface area contributed by atoms with Crippen LogP contribution in [-0.2, 0) is 4.79 Å². The first-order valence-corrected chi connectivity index (χ1v) is 10.1. The van der Waals surface area contributed by atoms with Crippen molar-refractivity contribution in [1.29, 1.82) is 0 Å². The fourth-order valence-electron chi connectivity index (χ4n) is 4.33. The Bertz CT molecular complexity index is 951. The molecule has 0 spiro atoms. The van der Waals surface area contributed by atoms with E-state index in [4.69, 9.17) is 0 Å². The molecule has 6 heteroatoms. The number of halogens is 1. The Morgan fingerprint density at radius 1 is 1.07 bits per heavy atom. The van der Waals surface area contributed by atoms with Crippen LogP contribution in [0.2, 0.25) is 0 Å². The van der Waals surface area contributed by atoms with E-state index in [1.807, 2.05) is 0 Å². The van der Waals surface area contributed by atoms with Gasteiger partial charge in [0.15, 0.2) is 0 Å². The van der Waals surface area contributed by atoms with Crippen molar-refractivity contribution in [3.63, 3.8) is 0 Å². The molecule has 2 aromatic carbocycles. The first-order chi connectivity index (χ1) is 13.9. The summed E-state index contributed by atoms with van der Waals surface area (Å²) in [4.78, 5) is 28.8. The lowest BCUT2D eigenvalue weighted by atomic mass is 9.95. The average molecular weight is 395 g/mol. The predicted molar refractivity (Wildman–Crippen MR) is 111 cm³/mol. The second kappa shape index (κ2) is 7.85. The highest BCUT2D eigenvalue weighted by Crippen LogP contribution is 2.27. The Balaban J connectivity index is 1.43. The lowest BCUT2D eigenvalue weighted by molar-refractivity contribution is -0.120. The molecule has 0 radical (unpaired) electrons. The number of benzene rings is 2. The molecular weight excluding hydrogens is 369 g/mol. The number of nitrogens with zero attached hydrogens (tertiary/aromatic N) is 2. The fourth-order valence-corrected chi connectivity index (χ4v) is 4.33. The molecule has 2 amide bonds. The summed E-state index contributed by atoms with van der Waals surface area (Å²) in [5.41, 5.74) is 4.38. The molecule has 0 aromatic heterocycles. The zero-order chi connectivity index (χ0) is 20.5. The summed E-state index contributed by atoms with van der Waals surface area (Å²) in [6, 6.07) is 10.9. The van der Waals surface area contributed by atoms with Gasteiger partial charge in [0.2, 0.25) is 5.91 Å². The van der Waals surface area contributed by atoms with E-state index in [0.29, 0.717) is 37.2 Å². The number of anilines is 1. The van der Waals surface area contributed by atoms with Crippen molar-refractivity contribution in [3.8, 4) is 0 Å². The van der Waals surface area contributed by atoms with Crippen molar-refractivity contribution in [2.75, 3.05) is 37.6 Å². The van der Waals surface area contributed by atoms with Gasteiger partial charge in [0.05, 0.1) is 5.92 Å². The lowest BCUT2D eigenvalue weighted by Gasteiger charge is -2.37. The first-order valence-electron chi connectivity index (χ1n) is 10.1. The molecule has 1 N–H and O–H groups in total. The fraction of sp³-hybridized carbons (Fsp3) is 0.391. The third kappa shape index (κ3) is 3.84. The van der Waals surface area contributed by atoms with Gasteiger partial charge in [-0.1, -0.05) is 23.8 Å². The minimum atomic E-state index is -0.480. The van der Waals surface area contributed by atoms with Crippen LogP contribution in [0.1, 0.15) is 39.4 Å². The zero-order valence-corrected chi connectivity index (χ0v) is 16.9. The maximum atomic E-state index is 14.6. The van der Waals surface area contributed by atoms with Crippen molar-refractivity contribution in [2.45, 2.75) is 26.2 Å². The predicted octanol–water partition coefficient (Wildman–Crippen LogP) is 3.01. The number of carbonyl (C=O) groups is 2. The zero-order valence-electron chi connectivity index (χ0n) is 16.9. The van der Waals surface area contributed by atoms with Gasteiger partial charge in [0, 0.05) is 49.5 Å². The van der Waals surface area contributed by atoms with Gasteiger partial charge in [0.1, 0.15) is 5.82 Å². The number of aryl methyl sites for hydroxylation is 2. The maximum absolute atomic E-state index is 14.6. The molecule has 29 heavy (non-hydrogen) atoms. The van der Waals surface area contributed by atoms with Crippen LogP contribution in [0.15, 0.2) is 36.4 Å². The molecule has 2 heterocycles. The van der Waals surface area contributed by atoms with Crippen LogP contribution < -0.4 is 10.2 Å². The quantitative estimate of drug-likeness (QED) is 0.869. The summed E-state index contributed by atoms with van der Waals surface area (Å²) in [5.74, 6) is -1.25. The van der Waals surface area contributed by atoms with Crippen molar-refractivity contribution in [1.82, 2.24) is 10.2 Å². The molecular formula is C23H26FN3O2. The van der Waals surface area contributed by atoms with Gasteiger partial charge in [-0.2, -0.15) is 0 Å². The van der Waals surface area contributed by atoms with Gasteiger partial charge in [0.25, 0.3) is 5.91 Å². The minimum absolute atomic E-state index is 0.148. The summed E-state index contributed by atoms with van der Waals surface area (Å²) in [6.07, 6.45) is 0.587. The molecule has 1 atom stereocenters. The number of rotatable bonds is 3. The minimum Gasteiger partial charge on any atom is -0.368 e. The van der Waals surface area contributed by atoms with Crippen LogP contribution in [0.5, 0.6) is 0 Å². The van der Waals surface area contributed by atoms with E-state index >= 15 is 0 Å². The molecule has 2 aliphatic rings. The number of hydrogen-bond acceptors (Lipinski definition) is 3. The summed E-state index contributed by atoms with van der Waals surface area (Å²) in [6.45, 7) is 7.44. The van der Waals surface area contributed by atoms with E-state index in [-0.39, 0.29) is 11.8 Å². The maximum Gasteiger partial charge on any atom is 0.254 e. The molecule has 5 nitrogen and oxygen atoms in total. The van der Waals surface area contributed by atoms with Crippen LogP contribution >= 0.6 is 0 Å². The monoisotopic (exact) mass is 395 g/mol. The van der Waals surface area contributed by atoms with Crippen LogP contribution in [0.3, 0.4) is 0 Å². The lowest BCUT2D eigenvalue weighted by Crippen LogP contribution is -2.49. The molecule has 2 aliphatic heterocycles. The third-order valence-corrected chi connectivity index (χ3v) is 5.93. The molecule has 152 valence electrons. The number of nitrogens with one attached hydrogen (secondary N) is 1. The molecule has 2 aromatic rings. The second-order valence-corrected chi connectivity index (χ2v) is 7.94. The first kappa shape index (κ1) is 19.4. The van der Waals surface area contributed by atoms with Gasteiger partial charge in [-0.3, -0.25) is 9.59 Å². The Morgan fingerprint density at radius 2 is 1.83 bits per heavy atom. The van der Waals surface area contributed by atoms with E-state index in [0.717, 1.165) is 13.1 Å². The normalized spacial score (nSPS) is 19.4. The summed E-state index contributed by atoms with van der Waals surface area (Å²) in [7, 11) is 0. The highest BCUT2D eigenvalue weighted by Gasteiger charge is 2.29. The van der Waals surface area contributed by atoms with Gasteiger partial charge >= 0.3 is 0 Å². The van der Waals surface area contributed by atoms with E-state index in [1.54, 1.807) is 17.0 Å². The molecule has 2 fully saturated rings. The second-order valence-electron chi connectivity index (χ2n) is 7.94. The topological polar surface area (TPSA) is 52.6 Å². The van der Waals surface area contributed by atoms with Crippen LogP contribution in [-0.4, -0.2) is 49.4 Å². The summed E-state index contributed by atoms with van der Waals surface area (Å²) in [5, 5.41) is 2.72. The van der Waals surface area contributed by atoms with E-state index in [9.17, 15) is 14.0 Å². The van der Waals surface area contributed by atoms with Crippen molar-refractivity contribution < 1.29 is 14.0 Å². The molecule has 0 bridgehead atoms. The Hall–Kier alpha value is -2.89. The Morgan fingerprint density at radius 3 is 2.45 bits per heavy atom. The van der Waals surface area contributed by atoms with Gasteiger partial charge in [-0.25, -0.2) is 4.39 Å². The summed E-state index contributed by atoms with van der Waals surface area (Å²) < 4.78 is 14.6. The van der Waals surface area contributed by atoms with Crippen LogP contribution in [0.4, 0.5) is 10.1 Å². The van der Waals surface area contributed by atoms with Crippen LogP contribution in [0, 0.1) is 19.7 Å². The third-order valence-electron chi connectivity index (χ3n) is 5.93. The summed E-state index contributed by atoms with van der Waals surface area (Å²) >= 11 is 0. The molecule has 0 aliphatic carbocycles. The van der Waals surface area contributed by atoms with E-state index in [1.165, 1.54) is 22.9 Å². The number of amides is 2.